The van der Waals surface area contributed by atoms with Crippen molar-refractivity contribution in [2.45, 2.75) is 44.1 Å². The van der Waals surface area contributed by atoms with E-state index in [0.29, 0.717) is 0 Å². The first-order chi connectivity index (χ1) is 12.0. The molecule has 2 aromatic carbocycles. The van der Waals surface area contributed by atoms with Crippen LogP contribution in [0.1, 0.15) is 26.3 Å². The highest BCUT2D eigenvalue weighted by atomic mass is 32.2. The van der Waals surface area contributed by atoms with Gasteiger partial charge in [0.2, 0.25) is 5.91 Å². The SMILES string of the molecule is Cc1ccc(-n2c(SC(C)C(=O)NC(C)C)nc3ccccc32)cc1. The minimum absolute atomic E-state index is 0.0301. The fraction of sp³-hybridized carbons (Fsp3) is 0.300. The number of hydrogen-bond acceptors (Lipinski definition) is 3. The van der Waals surface area contributed by atoms with Crippen LogP contribution in [0.15, 0.2) is 53.7 Å². The summed E-state index contributed by atoms with van der Waals surface area (Å²) in [5, 5.41) is 3.58. The van der Waals surface area contributed by atoms with E-state index in [9.17, 15) is 4.79 Å². The van der Waals surface area contributed by atoms with E-state index in [1.807, 2.05) is 39.0 Å². The van der Waals surface area contributed by atoms with Crippen molar-refractivity contribution in [1.29, 1.82) is 0 Å². The first kappa shape index (κ1) is 17.5. The largest absolute Gasteiger partial charge is 0.353 e. The quantitative estimate of drug-likeness (QED) is 0.694. The Kier molecular flexibility index (Phi) is 5.13. The van der Waals surface area contributed by atoms with Gasteiger partial charge in [-0.3, -0.25) is 9.36 Å². The van der Waals surface area contributed by atoms with Crippen LogP contribution < -0.4 is 5.32 Å². The zero-order valence-corrected chi connectivity index (χ0v) is 15.8. The number of benzene rings is 2. The standard InChI is InChI=1S/C20H23N3OS/c1-13(2)21-19(24)15(4)25-20-22-17-7-5-6-8-18(17)23(20)16-11-9-14(3)10-12-16/h5-13,15H,1-4H3,(H,21,24). The summed E-state index contributed by atoms with van der Waals surface area (Å²) in [4.78, 5) is 17.1. The predicted octanol–water partition coefficient (Wildman–Crippen LogP) is 4.34. The highest BCUT2D eigenvalue weighted by Gasteiger charge is 2.20. The molecule has 1 atom stereocenters. The van der Waals surface area contributed by atoms with Gasteiger partial charge >= 0.3 is 0 Å². The molecule has 3 rings (SSSR count). The number of thioether (sulfide) groups is 1. The Labute approximate surface area is 152 Å². The molecule has 0 fully saturated rings. The van der Waals surface area contributed by atoms with Crippen molar-refractivity contribution < 1.29 is 4.79 Å². The van der Waals surface area contributed by atoms with Gasteiger partial charge in [0.05, 0.1) is 16.3 Å². The second-order valence-electron chi connectivity index (χ2n) is 6.48. The number of nitrogens with one attached hydrogen (secondary N) is 1. The number of aromatic nitrogens is 2. The summed E-state index contributed by atoms with van der Waals surface area (Å²) in [5.41, 5.74) is 4.25. The molecule has 1 amide bonds. The lowest BCUT2D eigenvalue weighted by atomic mass is 10.2. The van der Waals surface area contributed by atoms with Crippen molar-refractivity contribution in [1.82, 2.24) is 14.9 Å². The fourth-order valence-corrected chi connectivity index (χ4v) is 3.59. The molecule has 5 heteroatoms. The van der Waals surface area contributed by atoms with Gasteiger partial charge in [-0.1, -0.05) is 41.6 Å². The maximum Gasteiger partial charge on any atom is 0.233 e. The second-order valence-corrected chi connectivity index (χ2v) is 7.79. The third kappa shape index (κ3) is 3.87. The van der Waals surface area contributed by atoms with Gasteiger partial charge in [0.25, 0.3) is 0 Å². The summed E-state index contributed by atoms with van der Waals surface area (Å²) in [6, 6.07) is 16.6. The van der Waals surface area contributed by atoms with Crippen molar-refractivity contribution in [3.05, 3.63) is 54.1 Å². The van der Waals surface area contributed by atoms with Crippen molar-refractivity contribution in [3.8, 4) is 5.69 Å². The first-order valence-corrected chi connectivity index (χ1v) is 9.35. The number of fused-ring (bicyclic) bond motifs is 1. The van der Waals surface area contributed by atoms with E-state index in [-0.39, 0.29) is 17.2 Å². The van der Waals surface area contributed by atoms with Gasteiger partial charge in [0.15, 0.2) is 5.16 Å². The molecular weight excluding hydrogens is 330 g/mol. The molecular formula is C20H23N3OS. The maximum absolute atomic E-state index is 12.3. The average Bonchev–Trinajstić information content (AvgIpc) is 2.93. The molecule has 0 aliphatic carbocycles. The lowest BCUT2D eigenvalue weighted by Gasteiger charge is -2.15. The molecule has 1 unspecified atom stereocenters. The zero-order chi connectivity index (χ0) is 18.0. The van der Waals surface area contributed by atoms with E-state index in [2.05, 4.69) is 47.1 Å². The molecule has 0 spiro atoms. The van der Waals surface area contributed by atoms with Crippen LogP contribution in [0.4, 0.5) is 0 Å². The molecule has 0 aliphatic rings. The van der Waals surface area contributed by atoms with Crippen molar-refractivity contribution in [2.24, 2.45) is 0 Å². The molecule has 4 nitrogen and oxygen atoms in total. The Morgan fingerprint density at radius 2 is 1.76 bits per heavy atom. The van der Waals surface area contributed by atoms with Gasteiger partial charge in [0, 0.05) is 11.7 Å². The van der Waals surface area contributed by atoms with E-state index >= 15 is 0 Å². The number of carbonyl (C=O) groups excluding carboxylic acids is 1. The van der Waals surface area contributed by atoms with Crippen molar-refractivity contribution >= 4 is 28.7 Å². The number of nitrogens with zero attached hydrogens (tertiary/aromatic N) is 2. The Morgan fingerprint density at radius 1 is 1.08 bits per heavy atom. The molecule has 25 heavy (non-hydrogen) atoms. The highest BCUT2D eigenvalue weighted by molar-refractivity contribution is 8.00. The van der Waals surface area contributed by atoms with Gasteiger partial charge in [-0.05, 0) is 52.0 Å². The summed E-state index contributed by atoms with van der Waals surface area (Å²) < 4.78 is 2.12. The highest BCUT2D eigenvalue weighted by Crippen LogP contribution is 2.30. The van der Waals surface area contributed by atoms with Crippen LogP contribution in [0, 0.1) is 6.92 Å². The number of carbonyl (C=O) groups is 1. The number of hydrogen-bond donors (Lipinski definition) is 1. The van der Waals surface area contributed by atoms with E-state index in [0.717, 1.165) is 21.9 Å². The minimum atomic E-state index is -0.219. The average molecular weight is 353 g/mol. The number of imidazole rings is 1. The van der Waals surface area contributed by atoms with Crippen LogP contribution in [-0.2, 0) is 4.79 Å². The molecule has 130 valence electrons. The zero-order valence-electron chi connectivity index (χ0n) is 15.0. The smallest absolute Gasteiger partial charge is 0.233 e. The molecule has 0 aliphatic heterocycles. The molecule has 1 heterocycles. The van der Waals surface area contributed by atoms with Gasteiger partial charge in [-0.2, -0.15) is 0 Å². The normalized spacial score (nSPS) is 12.5. The summed E-state index contributed by atoms with van der Waals surface area (Å²) in [5.74, 6) is 0.0301. The van der Waals surface area contributed by atoms with Crippen LogP contribution >= 0.6 is 11.8 Å². The lowest BCUT2D eigenvalue weighted by molar-refractivity contribution is -0.120. The summed E-state index contributed by atoms with van der Waals surface area (Å²) in [6.07, 6.45) is 0. The summed E-state index contributed by atoms with van der Waals surface area (Å²) in [6.45, 7) is 7.93. The molecule has 3 aromatic rings. The predicted molar refractivity (Wildman–Crippen MR) is 104 cm³/mol. The van der Waals surface area contributed by atoms with E-state index in [1.54, 1.807) is 0 Å². The molecule has 0 saturated heterocycles. The first-order valence-electron chi connectivity index (χ1n) is 8.47. The van der Waals surface area contributed by atoms with Gasteiger partial charge in [-0.15, -0.1) is 0 Å². The number of aryl methyl sites for hydroxylation is 1. The Bertz CT molecular complexity index is 884. The molecule has 1 N–H and O–H groups in total. The van der Waals surface area contributed by atoms with Crippen molar-refractivity contribution in [2.75, 3.05) is 0 Å². The Hall–Kier alpha value is -2.27. The topological polar surface area (TPSA) is 46.9 Å². The Balaban J connectivity index is 2.01. The van der Waals surface area contributed by atoms with E-state index < -0.39 is 0 Å². The van der Waals surface area contributed by atoms with Gasteiger partial charge in [0.1, 0.15) is 0 Å². The number of rotatable bonds is 5. The summed E-state index contributed by atoms with van der Waals surface area (Å²) >= 11 is 1.48. The summed E-state index contributed by atoms with van der Waals surface area (Å²) in [7, 11) is 0. The van der Waals surface area contributed by atoms with Gasteiger partial charge < -0.3 is 5.32 Å². The van der Waals surface area contributed by atoms with E-state index in [4.69, 9.17) is 4.98 Å². The minimum Gasteiger partial charge on any atom is -0.353 e. The second kappa shape index (κ2) is 7.31. The lowest BCUT2D eigenvalue weighted by Crippen LogP contribution is -2.36. The maximum atomic E-state index is 12.3. The fourth-order valence-electron chi connectivity index (χ4n) is 2.64. The van der Waals surface area contributed by atoms with Crippen LogP contribution in [0.25, 0.3) is 16.7 Å². The number of amides is 1. The number of para-hydroxylation sites is 2. The van der Waals surface area contributed by atoms with Crippen LogP contribution in [0.5, 0.6) is 0 Å². The van der Waals surface area contributed by atoms with Crippen molar-refractivity contribution in [3.63, 3.8) is 0 Å². The Morgan fingerprint density at radius 3 is 2.44 bits per heavy atom. The van der Waals surface area contributed by atoms with Crippen LogP contribution in [-0.4, -0.2) is 26.8 Å². The molecule has 0 saturated carbocycles. The third-order valence-electron chi connectivity index (χ3n) is 3.90. The monoisotopic (exact) mass is 353 g/mol. The van der Waals surface area contributed by atoms with E-state index in [1.165, 1.54) is 17.3 Å². The molecule has 0 bridgehead atoms. The van der Waals surface area contributed by atoms with Gasteiger partial charge in [-0.25, -0.2) is 4.98 Å². The van der Waals surface area contributed by atoms with Crippen LogP contribution in [0.3, 0.4) is 0 Å². The third-order valence-corrected chi connectivity index (χ3v) is 4.96. The molecule has 1 aromatic heterocycles. The van der Waals surface area contributed by atoms with Crippen LogP contribution in [0.2, 0.25) is 0 Å². The molecule has 0 radical (unpaired) electrons.